The van der Waals surface area contributed by atoms with Crippen LogP contribution in [0.2, 0.25) is 0 Å². The van der Waals surface area contributed by atoms with Gasteiger partial charge in [0.15, 0.2) is 11.6 Å². The molecule has 0 unspecified atom stereocenters. The maximum atomic E-state index is 16.5. The number of hydrogen-bond acceptors (Lipinski definition) is 5. The minimum absolute atomic E-state index is 0.185. The van der Waals surface area contributed by atoms with Gasteiger partial charge in [-0.15, -0.1) is 0 Å². The molecule has 0 aliphatic carbocycles. The summed E-state index contributed by atoms with van der Waals surface area (Å²) in [5, 5.41) is 3.41. The Balaban J connectivity index is 1.36. The van der Waals surface area contributed by atoms with Gasteiger partial charge in [0.1, 0.15) is 17.2 Å². The Kier molecular flexibility index (Phi) is 8.11. The van der Waals surface area contributed by atoms with E-state index in [1.54, 1.807) is 43.7 Å². The second-order valence-electron chi connectivity index (χ2n) is 10.2. The van der Waals surface area contributed by atoms with Gasteiger partial charge in [-0.2, -0.15) is 0 Å². The largest absolute Gasteiger partial charge is 0.337 e. The molecule has 43 heavy (non-hydrogen) atoms. The van der Waals surface area contributed by atoms with E-state index in [9.17, 15) is 4.39 Å². The number of para-hydroxylation sites is 1. The van der Waals surface area contributed by atoms with Crippen molar-refractivity contribution in [1.82, 2.24) is 25.3 Å². The number of halogens is 2. The molecule has 0 atom stereocenters. The Labute approximate surface area is 248 Å². The van der Waals surface area contributed by atoms with Crippen LogP contribution in [0, 0.1) is 18.6 Å². The predicted octanol–water partition coefficient (Wildman–Crippen LogP) is 7.42. The molecule has 0 bridgehead atoms. The molecule has 6 nitrogen and oxygen atoms in total. The number of imidazole rings is 1. The number of H-pyrrole nitrogens is 1. The standard InChI is InChI=1S/C35H30F2N6/c1-3-40-34(35-42-29-15-9-13-27(33(29)43-35)26-12-7-8-14-28(26)36)30-22(2)17-41-32(31(30)37)25-16-24(20-39-21-25)19-38-18-23-10-5-4-6-11-23/h4-17,20-21,38H,3,18-19H2,1-2H3,(H,42,43). The van der Waals surface area contributed by atoms with Crippen LogP contribution in [0.5, 0.6) is 0 Å². The van der Waals surface area contributed by atoms with E-state index in [-0.39, 0.29) is 11.5 Å². The van der Waals surface area contributed by atoms with Crippen molar-refractivity contribution in [3.05, 3.63) is 137 Å². The summed E-state index contributed by atoms with van der Waals surface area (Å²) in [7, 11) is 0. The highest BCUT2D eigenvalue weighted by Gasteiger charge is 2.23. The second kappa shape index (κ2) is 12.4. The normalized spacial score (nSPS) is 11.8. The Hall–Kier alpha value is -5.08. The van der Waals surface area contributed by atoms with Gasteiger partial charge in [0.25, 0.3) is 0 Å². The minimum atomic E-state index is -0.502. The molecular weight excluding hydrogens is 542 g/mol. The fourth-order valence-corrected chi connectivity index (χ4v) is 5.20. The first-order valence-electron chi connectivity index (χ1n) is 14.2. The van der Waals surface area contributed by atoms with E-state index >= 15 is 4.39 Å². The average molecular weight is 573 g/mol. The van der Waals surface area contributed by atoms with Gasteiger partial charge in [-0.1, -0.05) is 60.7 Å². The van der Waals surface area contributed by atoms with Gasteiger partial charge in [0, 0.05) is 60.5 Å². The molecule has 3 aromatic heterocycles. The summed E-state index contributed by atoms with van der Waals surface area (Å²) in [5.41, 5.74) is 6.53. The Bertz CT molecular complexity index is 1930. The van der Waals surface area contributed by atoms with Crippen molar-refractivity contribution in [1.29, 1.82) is 0 Å². The van der Waals surface area contributed by atoms with E-state index in [4.69, 9.17) is 4.98 Å². The highest BCUT2D eigenvalue weighted by Crippen LogP contribution is 2.31. The van der Waals surface area contributed by atoms with E-state index in [0.29, 0.717) is 70.0 Å². The summed E-state index contributed by atoms with van der Waals surface area (Å²) in [6.07, 6.45) is 5.02. The summed E-state index contributed by atoms with van der Waals surface area (Å²) in [4.78, 5) is 21.6. The Morgan fingerprint density at radius 1 is 0.860 bits per heavy atom. The number of fused-ring (bicyclic) bond motifs is 1. The van der Waals surface area contributed by atoms with E-state index in [0.717, 1.165) is 5.56 Å². The third-order valence-corrected chi connectivity index (χ3v) is 7.23. The molecule has 0 aliphatic rings. The lowest BCUT2D eigenvalue weighted by molar-refractivity contribution is 0.621. The molecule has 3 aromatic carbocycles. The number of aromatic nitrogens is 4. The number of pyridine rings is 2. The van der Waals surface area contributed by atoms with Crippen molar-refractivity contribution < 1.29 is 8.78 Å². The highest BCUT2D eigenvalue weighted by molar-refractivity contribution is 6.13. The van der Waals surface area contributed by atoms with E-state index < -0.39 is 5.82 Å². The monoisotopic (exact) mass is 572 g/mol. The first kappa shape index (κ1) is 28.1. The van der Waals surface area contributed by atoms with Gasteiger partial charge in [-0.3, -0.25) is 15.0 Å². The summed E-state index contributed by atoms with van der Waals surface area (Å²) in [5.74, 6) is -0.441. The summed E-state index contributed by atoms with van der Waals surface area (Å²) in [6.45, 7) is 5.38. The fraction of sp³-hybridized carbons (Fsp3) is 0.143. The number of rotatable bonds is 9. The predicted molar refractivity (Wildman–Crippen MR) is 167 cm³/mol. The number of nitrogens with one attached hydrogen (secondary N) is 2. The molecule has 6 aromatic rings. The van der Waals surface area contributed by atoms with Gasteiger partial charge in [-0.05, 0) is 48.7 Å². The number of benzene rings is 3. The SMILES string of the molecule is CCN=C(c1nc2c(-c3ccccc3F)cccc2[nH]1)c1c(C)cnc(-c2cncc(CNCc3ccccc3)c2)c1F. The van der Waals surface area contributed by atoms with Crippen molar-refractivity contribution in [3.8, 4) is 22.4 Å². The van der Waals surface area contributed by atoms with Crippen LogP contribution in [0.25, 0.3) is 33.4 Å². The van der Waals surface area contributed by atoms with Crippen LogP contribution in [-0.4, -0.2) is 32.2 Å². The molecule has 0 radical (unpaired) electrons. The zero-order valence-electron chi connectivity index (χ0n) is 23.9. The van der Waals surface area contributed by atoms with Gasteiger partial charge < -0.3 is 10.3 Å². The molecule has 0 saturated heterocycles. The molecule has 6 rings (SSSR count). The zero-order valence-corrected chi connectivity index (χ0v) is 23.9. The maximum absolute atomic E-state index is 16.5. The Morgan fingerprint density at radius 3 is 2.44 bits per heavy atom. The number of aryl methyl sites for hydroxylation is 1. The fourth-order valence-electron chi connectivity index (χ4n) is 5.20. The molecule has 0 aliphatic heterocycles. The van der Waals surface area contributed by atoms with E-state index in [1.807, 2.05) is 49.4 Å². The number of aliphatic imine (C=N–C) groups is 1. The number of nitrogens with zero attached hydrogens (tertiary/aromatic N) is 4. The smallest absolute Gasteiger partial charge is 0.159 e. The molecular formula is C35H30F2N6. The minimum Gasteiger partial charge on any atom is -0.337 e. The number of aromatic amines is 1. The first-order valence-corrected chi connectivity index (χ1v) is 14.2. The molecule has 0 fully saturated rings. The Morgan fingerprint density at radius 2 is 1.63 bits per heavy atom. The van der Waals surface area contributed by atoms with Crippen molar-refractivity contribution in [2.75, 3.05) is 6.54 Å². The van der Waals surface area contributed by atoms with Crippen LogP contribution >= 0.6 is 0 Å². The van der Waals surface area contributed by atoms with Crippen LogP contribution in [0.15, 0.2) is 102 Å². The van der Waals surface area contributed by atoms with Crippen molar-refractivity contribution in [2.24, 2.45) is 4.99 Å². The number of hydrogen-bond donors (Lipinski definition) is 2. The topological polar surface area (TPSA) is 78.8 Å². The van der Waals surface area contributed by atoms with E-state index in [1.165, 1.54) is 11.6 Å². The van der Waals surface area contributed by atoms with Crippen LogP contribution in [0.1, 0.15) is 35.0 Å². The quantitative estimate of drug-likeness (QED) is 0.177. The average Bonchev–Trinajstić information content (AvgIpc) is 3.46. The van der Waals surface area contributed by atoms with Crippen LogP contribution in [-0.2, 0) is 13.1 Å². The molecule has 2 N–H and O–H groups in total. The van der Waals surface area contributed by atoms with Crippen molar-refractivity contribution in [2.45, 2.75) is 26.9 Å². The zero-order chi connectivity index (χ0) is 29.8. The maximum Gasteiger partial charge on any atom is 0.159 e. The van der Waals surface area contributed by atoms with Gasteiger partial charge in [0.05, 0.1) is 11.0 Å². The van der Waals surface area contributed by atoms with Crippen LogP contribution < -0.4 is 5.32 Å². The lowest BCUT2D eigenvalue weighted by atomic mass is 10.0. The summed E-state index contributed by atoms with van der Waals surface area (Å²) >= 11 is 0. The third-order valence-electron chi connectivity index (χ3n) is 7.23. The summed E-state index contributed by atoms with van der Waals surface area (Å²) in [6, 6.07) is 24.1. The van der Waals surface area contributed by atoms with Crippen LogP contribution in [0.4, 0.5) is 8.78 Å². The second-order valence-corrected chi connectivity index (χ2v) is 10.2. The van der Waals surface area contributed by atoms with Gasteiger partial charge in [-0.25, -0.2) is 13.8 Å². The highest BCUT2D eigenvalue weighted by atomic mass is 19.1. The molecule has 0 amide bonds. The lowest BCUT2D eigenvalue weighted by Gasteiger charge is -2.13. The molecule has 0 spiro atoms. The van der Waals surface area contributed by atoms with Crippen molar-refractivity contribution in [3.63, 3.8) is 0 Å². The van der Waals surface area contributed by atoms with Gasteiger partial charge >= 0.3 is 0 Å². The molecule has 3 heterocycles. The van der Waals surface area contributed by atoms with Gasteiger partial charge in [0.2, 0.25) is 0 Å². The molecule has 0 saturated carbocycles. The van der Waals surface area contributed by atoms with Crippen LogP contribution in [0.3, 0.4) is 0 Å². The molecule has 8 heteroatoms. The van der Waals surface area contributed by atoms with Crippen molar-refractivity contribution >= 4 is 16.7 Å². The lowest BCUT2D eigenvalue weighted by Crippen LogP contribution is -2.14. The third kappa shape index (κ3) is 5.82. The molecule has 214 valence electrons. The first-order chi connectivity index (χ1) is 21.0. The summed E-state index contributed by atoms with van der Waals surface area (Å²) < 4.78 is 31.2. The van der Waals surface area contributed by atoms with E-state index in [2.05, 4.69) is 37.4 Å².